The second-order valence-corrected chi connectivity index (χ2v) is 6.13. The summed E-state index contributed by atoms with van der Waals surface area (Å²) in [7, 11) is 0. The van der Waals surface area contributed by atoms with Gasteiger partial charge in [0.05, 0.1) is 6.61 Å². The lowest BCUT2D eigenvalue weighted by atomic mass is 10.0. The normalized spacial score (nSPS) is 15.7. The minimum atomic E-state index is 0.372. The fraction of sp³-hybridized carbons (Fsp3) is 0.368. The molecule has 1 aliphatic rings. The molecule has 0 spiro atoms. The Morgan fingerprint density at radius 1 is 0.905 bits per heavy atom. The van der Waals surface area contributed by atoms with Crippen molar-refractivity contribution >= 4 is 0 Å². The molecule has 110 valence electrons. The lowest BCUT2D eigenvalue weighted by Gasteiger charge is -2.15. The van der Waals surface area contributed by atoms with Crippen molar-refractivity contribution in [3.8, 4) is 5.75 Å². The number of nitrogens with two attached hydrogens (primary N) is 1. The van der Waals surface area contributed by atoms with Gasteiger partial charge in [-0.3, -0.25) is 0 Å². The van der Waals surface area contributed by atoms with Crippen LogP contribution in [-0.2, 0) is 6.42 Å². The van der Waals surface area contributed by atoms with Gasteiger partial charge in [0.2, 0.25) is 0 Å². The summed E-state index contributed by atoms with van der Waals surface area (Å²) in [5.41, 5.74) is 8.69. The van der Waals surface area contributed by atoms with E-state index in [-0.39, 0.29) is 0 Å². The topological polar surface area (TPSA) is 35.2 Å². The summed E-state index contributed by atoms with van der Waals surface area (Å²) in [5.74, 6) is 0.968. The SMILES string of the molecule is NCCC1(COc2ccc(Cc3ccccc3)cc2)CC1. The van der Waals surface area contributed by atoms with Crippen LogP contribution < -0.4 is 10.5 Å². The fourth-order valence-corrected chi connectivity index (χ4v) is 2.72. The molecule has 1 aliphatic carbocycles. The van der Waals surface area contributed by atoms with Gasteiger partial charge in [-0.2, -0.15) is 0 Å². The van der Waals surface area contributed by atoms with Crippen LogP contribution in [0.15, 0.2) is 54.6 Å². The second kappa shape index (κ2) is 6.31. The molecular formula is C19H23NO. The van der Waals surface area contributed by atoms with Crippen molar-refractivity contribution in [2.75, 3.05) is 13.2 Å². The number of hydrogen-bond acceptors (Lipinski definition) is 2. The maximum absolute atomic E-state index is 5.94. The predicted octanol–water partition coefficient (Wildman–Crippen LogP) is 3.79. The van der Waals surface area contributed by atoms with E-state index in [1.165, 1.54) is 24.0 Å². The summed E-state index contributed by atoms with van der Waals surface area (Å²) < 4.78 is 5.94. The van der Waals surface area contributed by atoms with Crippen LogP contribution in [-0.4, -0.2) is 13.2 Å². The van der Waals surface area contributed by atoms with Crippen molar-refractivity contribution in [2.45, 2.75) is 25.7 Å². The van der Waals surface area contributed by atoms with Crippen LogP contribution >= 0.6 is 0 Å². The molecule has 0 bridgehead atoms. The fourth-order valence-electron chi connectivity index (χ4n) is 2.72. The first kappa shape index (κ1) is 14.2. The third-order valence-corrected chi connectivity index (χ3v) is 4.35. The van der Waals surface area contributed by atoms with E-state index in [1.54, 1.807) is 0 Å². The predicted molar refractivity (Wildman–Crippen MR) is 86.5 cm³/mol. The highest BCUT2D eigenvalue weighted by molar-refractivity contribution is 5.31. The first-order valence-electron chi connectivity index (χ1n) is 7.75. The van der Waals surface area contributed by atoms with Gasteiger partial charge in [0.15, 0.2) is 0 Å². The van der Waals surface area contributed by atoms with E-state index in [4.69, 9.17) is 10.5 Å². The van der Waals surface area contributed by atoms with E-state index in [2.05, 4.69) is 54.6 Å². The maximum Gasteiger partial charge on any atom is 0.119 e. The highest BCUT2D eigenvalue weighted by atomic mass is 16.5. The van der Waals surface area contributed by atoms with E-state index in [1.807, 2.05) is 0 Å². The molecule has 21 heavy (non-hydrogen) atoms. The molecule has 2 N–H and O–H groups in total. The number of ether oxygens (including phenoxy) is 1. The molecule has 0 amide bonds. The molecule has 0 radical (unpaired) electrons. The van der Waals surface area contributed by atoms with Gasteiger partial charge in [0, 0.05) is 5.41 Å². The summed E-state index contributed by atoms with van der Waals surface area (Å²) in [4.78, 5) is 0. The van der Waals surface area contributed by atoms with Gasteiger partial charge in [0.1, 0.15) is 5.75 Å². The summed E-state index contributed by atoms with van der Waals surface area (Å²) in [6.45, 7) is 1.57. The Bertz CT molecular complexity index is 558. The zero-order chi connectivity index (χ0) is 14.5. The van der Waals surface area contributed by atoms with Gasteiger partial charge >= 0.3 is 0 Å². The van der Waals surface area contributed by atoms with Crippen molar-refractivity contribution in [1.82, 2.24) is 0 Å². The Kier molecular flexibility index (Phi) is 4.26. The van der Waals surface area contributed by atoms with E-state index in [9.17, 15) is 0 Å². The minimum Gasteiger partial charge on any atom is -0.493 e. The minimum absolute atomic E-state index is 0.372. The Morgan fingerprint density at radius 3 is 2.19 bits per heavy atom. The molecule has 2 nitrogen and oxygen atoms in total. The third-order valence-electron chi connectivity index (χ3n) is 4.35. The van der Waals surface area contributed by atoms with Crippen LogP contribution in [0.2, 0.25) is 0 Å². The van der Waals surface area contributed by atoms with Crippen molar-refractivity contribution in [3.05, 3.63) is 65.7 Å². The second-order valence-electron chi connectivity index (χ2n) is 6.13. The van der Waals surface area contributed by atoms with E-state index >= 15 is 0 Å². The number of hydrogen-bond donors (Lipinski definition) is 1. The standard InChI is InChI=1S/C19H23NO/c20-13-12-19(10-11-19)15-21-18-8-6-17(7-9-18)14-16-4-2-1-3-5-16/h1-9H,10-15,20H2. The first-order valence-corrected chi connectivity index (χ1v) is 7.75. The zero-order valence-corrected chi connectivity index (χ0v) is 12.4. The number of benzene rings is 2. The van der Waals surface area contributed by atoms with Gasteiger partial charge in [-0.15, -0.1) is 0 Å². The summed E-state index contributed by atoms with van der Waals surface area (Å²) in [6.07, 6.45) is 4.57. The quantitative estimate of drug-likeness (QED) is 0.838. The van der Waals surface area contributed by atoms with Crippen molar-refractivity contribution in [3.63, 3.8) is 0 Å². The summed E-state index contributed by atoms with van der Waals surface area (Å²) in [6, 6.07) is 19.0. The summed E-state index contributed by atoms with van der Waals surface area (Å²) >= 11 is 0. The van der Waals surface area contributed by atoms with Crippen molar-refractivity contribution in [1.29, 1.82) is 0 Å². The van der Waals surface area contributed by atoms with Crippen molar-refractivity contribution < 1.29 is 4.74 Å². The molecule has 0 saturated heterocycles. The molecule has 0 heterocycles. The van der Waals surface area contributed by atoms with E-state index in [0.29, 0.717) is 5.41 Å². The van der Waals surface area contributed by atoms with Gasteiger partial charge in [-0.1, -0.05) is 42.5 Å². The highest BCUT2D eigenvalue weighted by Gasteiger charge is 2.42. The molecule has 3 rings (SSSR count). The van der Waals surface area contributed by atoms with Gasteiger partial charge in [-0.05, 0) is 55.5 Å². The van der Waals surface area contributed by atoms with Gasteiger partial charge in [-0.25, -0.2) is 0 Å². The van der Waals surface area contributed by atoms with Crippen LogP contribution in [0.1, 0.15) is 30.4 Å². The maximum atomic E-state index is 5.94. The molecule has 1 fully saturated rings. The monoisotopic (exact) mass is 281 g/mol. The first-order chi connectivity index (χ1) is 10.3. The molecule has 2 heteroatoms. The van der Waals surface area contributed by atoms with E-state index in [0.717, 1.165) is 31.7 Å². The molecule has 0 aromatic heterocycles. The Balaban J connectivity index is 1.55. The van der Waals surface area contributed by atoms with Crippen molar-refractivity contribution in [2.24, 2.45) is 11.1 Å². The Hall–Kier alpha value is -1.80. The van der Waals surface area contributed by atoms with E-state index < -0.39 is 0 Å². The number of rotatable bonds is 7. The summed E-state index contributed by atoms with van der Waals surface area (Å²) in [5, 5.41) is 0. The molecule has 0 atom stereocenters. The highest BCUT2D eigenvalue weighted by Crippen LogP contribution is 2.48. The largest absolute Gasteiger partial charge is 0.493 e. The van der Waals surface area contributed by atoms with Crippen LogP contribution in [0.4, 0.5) is 0 Å². The van der Waals surface area contributed by atoms with Crippen LogP contribution in [0.5, 0.6) is 5.75 Å². The van der Waals surface area contributed by atoms with Gasteiger partial charge in [0.25, 0.3) is 0 Å². The Morgan fingerprint density at radius 2 is 1.57 bits per heavy atom. The Labute approximate surface area is 126 Å². The zero-order valence-electron chi connectivity index (χ0n) is 12.4. The molecule has 1 saturated carbocycles. The molecular weight excluding hydrogens is 258 g/mol. The molecule has 0 unspecified atom stereocenters. The molecule has 2 aromatic carbocycles. The third kappa shape index (κ3) is 3.85. The smallest absolute Gasteiger partial charge is 0.119 e. The molecule has 0 aliphatic heterocycles. The average molecular weight is 281 g/mol. The van der Waals surface area contributed by atoms with Crippen LogP contribution in [0.25, 0.3) is 0 Å². The van der Waals surface area contributed by atoms with Crippen LogP contribution in [0, 0.1) is 5.41 Å². The lowest BCUT2D eigenvalue weighted by molar-refractivity contribution is 0.227. The lowest BCUT2D eigenvalue weighted by Crippen LogP contribution is -2.17. The van der Waals surface area contributed by atoms with Crippen LogP contribution in [0.3, 0.4) is 0 Å². The van der Waals surface area contributed by atoms with Gasteiger partial charge < -0.3 is 10.5 Å². The molecule has 2 aromatic rings. The average Bonchev–Trinajstić information content (AvgIpc) is 3.28.